The molecule has 1 saturated carbocycles. The lowest BCUT2D eigenvalue weighted by Gasteiger charge is -2.30. The molecular formula is C16H33NO. The predicted molar refractivity (Wildman–Crippen MR) is 79.0 cm³/mol. The van der Waals surface area contributed by atoms with Crippen molar-refractivity contribution in [3.63, 3.8) is 0 Å². The van der Waals surface area contributed by atoms with Gasteiger partial charge in [-0.3, -0.25) is 0 Å². The topological polar surface area (TPSA) is 21.3 Å². The van der Waals surface area contributed by atoms with Gasteiger partial charge in [-0.2, -0.15) is 0 Å². The van der Waals surface area contributed by atoms with Crippen molar-refractivity contribution in [3.8, 4) is 0 Å². The van der Waals surface area contributed by atoms with E-state index in [1.165, 1.54) is 64.3 Å². The van der Waals surface area contributed by atoms with E-state index in [1.807, 2.05) is 0 Å². The van der Waals surface area contributed by atoms with Crippen molar-refractivity contribution in [2.45, 2.75) is 77.7 Å². The van der Waals surface area contributed by atoms with E-state index in [-0.39, 0.29) is 0 Å². The second kappa shape index (κ2) is 10.8. The molecule has 0 heterocycles. The highest BCUT2D eigenvalue weighted by Crippen LogP contribution is 2.29. The van der Waals surface area contributed by atoms with Gasteiger partial charge in [-0.15, -0.1) is 0 Å². The minimum atomic E-state index is 0.571. The highest BCUT2D eigenvalue weighted by Gasteiger charge is 2.23. The first-order valence-electron chi connectivity index (χ1n) is 8.20. The summed E-state index contributed by atoms with van der Waals surface area (Å²) < 4.78 is 6.09. The molecule has 0 bridgehead atoms. The van der Waals surface area contributed by atoms with Gasteiger partial charge in [-0.05, 0) is 57.5 Å². The highest BCUT2D eigenvalue weighted by atomic mass is 16.5. The summed E-state index contributed by atoms with van der Waals surface area (Å²) in [6.45, 7) is 7.85. The minimum absolute atomic E-state index is 0.571. The number of rotatable bonds is 10. The van der Waals surface area contributed by atoms with E-state index in [0.717, 1.165) is 19.1 Å². The van der Waals surface area contributed by atoms with E-state index in [1.54, 1.807) is 0 Å². The molecule has 2 unspecified atom stereocenters. The number of hydrogen-bond acceptors (Lipinski definition) is 2. The monoisotopic (exact) mass is 255 g/mol. The van der Waals surface area contributed by atoms with Gasteiger partial charge in [0.25, 0.3) is 0 Å². The van der Waals surface area contributed by atoms with E-state index in [4.69, 9.17) is 4.74 Å². The first-order valence-corrected chi connectivity index (χ1v) is 8.20. The van der Waals surface area contributed by atoms with Crippen LogP contribution in [0.5, 0.6) is 0 Å². The summed E-state index contributed by atoms with van der Waals surface area (Å²) in [5.41, 5.74) is 0. The van der Waals surface area contributed by atoms with Crippen LogP contribution in [0, 0.1) is 5.92 Å². The van der Waals surface area contributed by atoms with Crippen LogP contribution in [0.2, 0.25) is 0 Å². The van der Waals surface area contributed by atoms with Crippen LogP contribution in [0.4, 0.5) is 0 Å². The Kier molecular flexibility index (Phi) is 9.59. The molecule has 2 atom stereocenters. The first-order chi connectivity index (χ1) is 8.88. The van der Waals surface area contributed by atoms with Crippen LogP contribution in [-0.4, -0.2) is 25.8 Å². The maximum absolute atomic E-state index is 6.09. The van der Waals surface area contributed by atoms with Gasteiger partial charge in [0, 0.05) is 6.61 Å². The lowest BCUT2D eigenvalue weighted by atomic mass is 9.85. The molecule has 1 fully saturated rings. The summed E-state index contributed by atoms with van der Waals surface area (Å²) in [5, 5.41) is 3.45. The van der Waals surface area contributed by atoms with Gasteiger partial charge in [-0.25, -0.2) is 0 Å². The molecule has 0 aliphatic heterocycles. The Morgan fingerprint density at radius 2 is 1.83 bits per heavy atom. The Morgan fingerprint density at radius 3 is 2.61 bits per heavy atom. The molecule has 0 aromatic heterocycles. The largest absolute Gasteiger partial charge is 0.378 e. The fourth-order valence-electron chi connectivity index (χ4n) is 2.93. The third kappa shape index (κ3) is 6.75. The molecule has 0 spiro atoms. The summed E-state index contributed by atoms with van der Waals surface area (Å²) in [5.74, 6) is 0.838. The maximum atomic E-state index is 6.09. The highest BCUT2D eigenvalue weighted by molar-refractivity contribution is 4.74. The molecule has 18 heavy (non-hydrogen) atoms. The standard InChI is InChI=1S/C16H33NO/c1-3-12-17-13-8-5-9-14-18-16-11-7-6-10-15(16)4-2/h15-17H,3-14H2,1-2H3. The number of unbranched alkanes of at least 4 members (excludes halogenated alkanes) is 2. The smallest absolute Gasteiger partial charge is 0.0603 e. The molecule has 1 N–H and O–H groups in total. The number of nitrogens with one attached hydrogen (secondary N) is 1. The van der Waals surface area contributed by atoms with Crippen molar-refractivity contribution in [1.82, 2.24) is 5.32 Å². The van der Waals surface area contributed by atoms with Gasteiger partial charge >= 0.3 is 0 Å². The zero-order valence-electron chi connectivity index (χ0n) is 12.5. The van der Waals surface area contributed by atoms with Gasteiger partial charge in [0.1, 0.15) is 0 Å². The first kappa shape index (κ1) is 16.0. The van der Waals surface area contributed by atoms with Gasteiger partial charge in [0.2, 0.25) is 0 Å². The molecule has 1 rings (SSSR count). The average molecular weight is 255 g/mol. The van der Waals surface area contributed by atoms with Crippen molar-refractivity contribution in [2.24, 2.45) is 5.92 Å². The summed E-state index contributed by atoms with van der Waals surface area (Å²) in [4.78, 5) is 0. The molecule has 2 nitrogen and oxygen atoms in total. The average Bonchev–Trinajstić information content (AvgIpc) is 2.42. The molecule has 1 aliphatic rings. The molecule has 0 radical (unpaired) electrons. The molecule has 108 valence electrons. The van der Waals surface area contributed by atoms with Crippen molar-refractivity contribution in [2.75, 3.05) is 19.7 Å². The second-order valence-electron chi connectivity index (χ2n) is 5.67. The van der Waals surface area contributed by atoms with E-state index >= 15 is 0 Å². The lowest BCUT2D eigenvalue weighted by molar-refractivity contribution is -0.0134. The zero-order valence-corrected chi connectivity index (χ0v) is 12.5. The van der Waals surface area contributed by atoms with E-state index in [0.29, 0.717) is 6.10 Å². The van der Waals surface area contributed by atoms with Gasteiger partial charge in [0.05, 0.1) is 6.10 Å². The van der Waals surface area contributed by atoms with E-state index in [2.05, 4.69) is 19.2 Å². The summed E-state index contributed by atoms with van der Waals surface area (Å²) in [6.07, 6.45) is 12.4. The van der Waals surface area contributed by atoms with Crippen LogP contribution in [0.1, 0.15) is 71.6 Å². The molecule has 1 aliphatic carbocycles. The Morgan fingerprint density at radius 1 is 1.00 bits per heavy atom. The Bertz CT molecular complexity index is 184. The van der Waals surface area contributed by atoms with Crippen LogP contribution in [-0.2, 0) is 4.74 Å². The van der Waals surface area contributed by atoms with Crippen LogP contribution in [0.15, 0.2) is 0 Å². The SMILES string of the molecule is CCCNCCCCCOC1CCCCC1CC. The van der Waals surface area contributed by atoms with Crippen LogP contribution in [0.25, 0.3) is 0 Å². The Hall–Kier alpha value is -0.0800. The normalized spacial score (nSPS) is 24.3. The molecular weight excluding hydrogens is 222 g/mol. The van der Waals surface area contributed by atoms with Crippen molar-refractivity contribution in [3.05, 3.63) is 0 Å². The van der Waals surface area contributed by atoms with Crippen molar-refractivity contribution in [1.29, 1.82) is 0 Å². The molecule has 0 saturated heterocycles. The van der Waals surface area contributed by atoms with Gasteiger partial charge in [0.15, 0.2) is 0 Å². The molecule has 0 amide bonds. The Labute approximate surface area is 114 Å². The van der Waals surface area contributed by atoms with Crippen LogP contribution in [0.3, 0.4) is 0 Å². The predicted octanol–water partition coefficient (Wildman–Crippen LogP) is 4.14. The third-order valence-corrected chi connectivity index (χ3v) is 4.12. The van der Waals surface area contributed by atoms with Crippen LogP contribution < -0.4 is 5.32 Å². The van der Waals surface area contributed by atoms with E-state index < -0.39 is 0 Å². The number of hydrogen-bond donors (Lipinski definition) is 1. The second-order valence-corrected chi connectivity index (χ2v) is 5.67. The zero-order chi connectivity index (χ0) is 13.1. The minimum Gasteiger partial charge on any atom is -0.378 e. The lowest BCUT2D eigenvalue weighted by Crippen LogP contribution is -2.27. The molecule has 2 heteroatoms. The fraction of sp³-hybridized carbons (Fsp3) is 1.00. The molecule has 0 aromatic carbocycles. The summed E-state index contributed by atoms with van der Waals surface area (Å²) in [7, 11) is 0. The summed E-state index contributed by atoms with van der Waals surface area (Å²) >= 11 is 0. The number of ether oxygens (including phenoxy) is 1. The third-order valence-electron chi connectivity index (χ3n) is 4.12. The van der Waals surface area contributed by atoms with Crippen molar-refractivity contribution >= 4 is 0 Å². The van der Waals surface area contributed by atoms with Crippen LogP contribution >= 0.6 is 0 Å². The maximum Gasteiger partial charge on any atom is 0.0603 e. The quantitative estimate of drug-likeness (QED) is 0.592. The van der Waals surface area contributed by atoms with E-state index in [9.17, 15) is 0 Å². The Balaban J connectivity index is 1.93. The summed E-state index contributed by atoms with van der Waals surface area (Å²) in [6, 6.07) is 0. The van der Waals surface area contributed by atoms with Gasteiger partial charge < -0.3 is 10.1 Å². The fourth-order valence-corrected chi connectivity index (χ4v) is 2.93. The van der Waals surface area contributed by atoms with Gasteiger partial charge in [-0.1, -0.05) is 33.1 Å². The molecule has 0 aromatic rings. The van der Waals surface area contributed by atoms with Crippen molar-refractivity contribution < 1.29 is 4.74 Å².